The van der Waals surface area contributed by atoms with Gasteiger partial charge in [0.15, 0.2) is 0 Å². The largest absolute Gasteiger partial charge is 0.348 e. The summed E-state index contributed by atoms with van der Waals surface area (Å²) in [4.78, 5) is 11.9. The summed E-state index contributed by atoms with van der Waals surface area (Å²) >= 11 is 0. The molecule has 0 bridgehead atoms. The van der Waals surface area contributed by atoms with Crippen LogP contribution < -0.4 is 11.0 Å². The van der Waals surface area contributed by atoms with Crippen LogP contribution in [-0.4, -0.2) is 27.9 Å². The molecule has 0 saturated carbocycles. The highest BCUT2D eigenvalue weighted by Crippen LogP contribution is 2.25. The van der Waals surface area contributed by atoms with Crippen molar-refractivity contribution in [1.82, 2.24) is 20.1 Å². The van der Waals surface area contributed by atoms with Crippen LogP contribution in [0.5, 0.6) is 0 Å². The third kappa shape index (κ3) is 2.24. The van der Waals surface area contributed by atoms with Crippen LogP contribution in [-0.2, 0) is 0 Å². The topological polar surface area (TPSA) is 62.7 Å². The second kappa shape index (κ2) is 5.16. The van der Waals surface area contributed by atoms with E-state index in [2.05, 4.69) is 15.5 Å². The number of nitrogens with zero attached hydrogens (tertiary/aromatic N) is 2. The fourth-order valence-corrected chi connectivity index (χ4v) is 2.56. The molecule has 2 aromatic rings. The van der Waals surface area contributed by atoms with Crippen LogP contribution in [0, 0.1) is 11.6 Å². The minimum atomic E-state index is -0.774. The van der Waals surface area contributed by atoms with Gasteiger partial charge in [-0.15, -0.1) is 0 Å². The summed E-state index contributed by atoms with van der Waals surface area (Å²) in [5, 5.41) is 9.59. The number of halogens is 2. The number of aromatic nitrogens is 3. The van der Waals surface area contributed by atoms with Crippen molar-refractivity contribution in [1.29, 1.82) is 0 Å². The van der Waals surface area contributed by atoms with E-state index in [-0.39, 0.29) is 11.6 Å². The summed E-state index contributed by atoms with van der Waals surface area (Å²) in [7, 11) is 0. The molecule has 2 heterocycles. The Labute approximate surface area is 113 Å². The molecule has 1 aromatic carbocycles. The third-order valence-corrected chi connectivity index (χ3v) is 3.55. The van der Waals surface area contributed by atoms with Gasteiger partial charge in [0.2, 0.25) is 0 Å². The zero-order valence-corrected chi connectivity index (χ0v) is 10.7. The van der Waals surface area contributed by atoms with Crippen molar-refractivity contribution in [3.8, 4) is 5.69 Å². The summed E-state index contributed by atoms with van der Waals surface area (Å²) in [6.07, 6.45) is 1.65. The first-order valence-corrected chi connectivity index (χ1v) is 6.50. The van der Waals surface area contributed by atoms with Crippen LogP contribution in [0.3, 0.4) is 0 Å². The Bertz CT molecular complexity index is 673. The van der Waals surface area contributed by atoms with Gasteiger partial charge in [0, 0.05) is 12.0 Å². The lowest BCUT2D eigenvalue weighted by molar-refractivity contribution is 0.439. The van der Waals surface area contributed by atoms with Gasteiger partial charge in [-0.1, -0.05) is 0 Å². The van der Waals surface area contributed by atoms with Crippen molar-refractivity contribution < 1.29 is 8.78 Å². The first-order valence-electron chi connectivity index (χ1n) is 6.50. The molecule has 0 aliphatic carbocycles. The fourth-order valence-electron chi connectivity index (χ4n) is 2.56. The van der Waals surface area contributed by atoms with Crippen molar-refractivity contribution in [3.63, 3.8) is 0 Å². The monoisotopic (exact) mass is 280 g/mol. The van der Waals surface area contributed by atoms with Gasteiger partial charge in [-0.3, -0.25) is 0 Å². The van der Waals surface area contributed by atoms with Crippen molar-refractivity contribution in [2.24, 2.45) is 0 Å². The maximum Gasteiger partial charge on any atom is 0.348 e. The van der Waals surface area contributed by atoms with Crippen molar-refractivity contribution in [3.05, 3.63) is 46.1 Å². The van der Waals surface area contributed by atoms with Crippen molar-refractivity contribution >= 4 is 0 Å². The Kier molecular flexibility index (Phi) is 3.35. The average molecular weight is 280 g/mol. The second-order valence-electron chi connectivity index (χ2n) is 4.84. The van der Waals surface area contributed by atoms with Crippen molar-refractivity contribution in [2.45, 2.75) is 18.8 Å². The van der Waals surface area contributed by atoms with E-state index in [0.29, 0.717) is 5.82 Å². The molecule has 1 saturated heterocycles. The smallest absolute Gasteiger partial charge is 0.317 e. The second-order valence-corrected chi connectivity index (χ2v) is 4.84. The predicted molar refractivity (Wildman–Crippen MR) is 68.9 cm³/mol. The summed E-state index contributed by atoms with van der Waals surface area (Å²) in [5.74, 6) is -0.864. The predicted octanol–water partition coefficient (Wildman–Crippen LogP) is 1.31. The minimum Gasteiger partial charge on any atom is -0.317 e. The molecule has 0 radical (unpaired) electrons. The van der Waals surface area contributed by atoms with Crippen LogP contribution in [0.2, 0.25) is 0 Å². The average Bonchev–Trinajstić information content (AvgIpc) is 2.82. The Morgan fingerprint density at radius 2 is 2.00 bits per heavy atom. The molecule has 0 amide bonds. The molecular formula is C13H14F2N4O. The molecule has 1 fully saturated rings. The van der Waals surface area contributed by atoms with Gasteiger partial charge in [0.1, 0.15) is 17.5 Å². The SMILES string of the molecule is O=c1[nH]nc(C2CCNCC2)n1-c1ccc(F)cc1F. The molecule has 0 atom stereocenters. The quantitative estimate of drug-likeness (QED) is 0.871. The lowest BCUT2D eigenvalue weighted by Crippen LogP contribution is -2.29. The molecule has 5 nitrogen and oxygen atoms in total. The van der Waals surface area contributed by atoms with Gasteiger partial charge in [-0.2, -0.15) is 5.10 Å². The first kappa shape index (κ1) is 13.0. The summed E-state index contributed by atoms with van der Waals surface area (Å²) < 4.78 is 28.1. The van der Waals surface area contributed by atoms with Gasteiger partial charge >= 0.3 is 5.69 Å². The molecule has 7 heteroatoms. The number of H-pyrrole nitrogens is 1. The number of nitrogens with one attached hydrogen (secondary N) is 2. The zero-order chi connectivity index (χ0) is 14.1. The van der Waals surface area contributed by atoms with Gasteiger partial charge in [-0.25, -0.2) is 23.2 Å². The fraction of sp³-hybridized carbons (Fsp3) is 0.385. The normalized spacial score (nSPS) is 16.5. The highest BCUT2D eigenvalue weighted by molar-refractivity contribution is 5.35. The van der Waals surface area contributed by atoms with Crippen molar-refractivity contribution in [2.75, 3.05) is 13.1 Å². The Balaban J connectivity index is 2.08. The number of benzene rings is 1. The standard InChI is InChI=1S/C13H14F2N4O/c14-9-1-2-11(10(15)7-9)19-12(17-18-13(19)20)8-3-5-16-6-4-8/h1-2,7-8,16H,3-6H2,(H,18,20). The van der Waals surface area contributed by atoms with E-state index in [1.807, 2.05) is 0 Å². The zero-order valence-electron chi connectivity index (χ0n) is 10.7. The van der Waals surface area contributed by atoms with Crippen LogP contribution in [0.4, 0.5) is 8.78 Å². The number of rotatable bonds is 2. The first-order chi connectivity index (χ1) is 9.66. The molecule has 106 valence electrons. The van der Waals surface area contributed by atoms with E-state index in [1.165, 1.54) is 10.6 Å². The van der Waals surface area contributed by atoms with E-state index in [9.17, 15) is 13.6 Å². The highest BCUT2D eigenvalue weighted by Gasteiger charge is 2.24. The Morgan fingerprint density at radius 1 is 1.25 bits per heavy atom. The molecule has 1 aliphatic rings. The highest BCUT2D eigenvalue weighted by atomic mass is 19.1. The van der Waals surface area contributed by atoms with Crippen LogP contribution in [0.25, 0.3) is 5.69 Å². The van der Waals surface area contributed by atoms with Gasteiger partial charge < -0.3 is 5.32 Å². The number of hydrogen-bond acceptors (Lipinski definition) is 3. The van der Waals surface area contributed by atoms with Gasteiger partial charge in [-0.05, 0) is 38.1 Å². The maximum atomic E-state index is 13.9. The summed E-state index contributed by atoms with van der Waals surface area (Å²) in [6.45, 7) is 1.66. The number of piperidine rings is 1. The van der Waals surface area contributed by atoms with Gasteiger partial charge in [0.25, 0.3) is 0 Å². The third-order valence-electron chi connectivity index (χ3n) is 3.55. The lowest BCUT2D eigenvalue weighted by atomic mass is 9.97. The number of hydrogen-bond donors (Lipinski definition) is 2. The maximum absolute atomic E-state index is 13.9. The Morgan fingerprint density at radius 3 is 2.70 bits per heavy atom. The van der Waals surface area contributed by atoms with E-state index >= 15 is 0 Å². The van der Waals surface area contributed by atoms with Crippen LogP contribution in [0.1, 0.15) is 24.6 Å². The summed E-state index contributed by atoms with van der Waals surface area (Å²) in [6, 6.07) is 3.15. The minimum absolute atomic E-state index is 0.0266. The molecule has 0 unspecified atom stereocenters. The van der Waals surface area contributed by atoms with E-state index < -0.39 is 17.3 Å². The van der Waals surface area contributed by atoms with Crippen LogP contribution >= 0.6 is 0 Å². The molecular weight excluding hydrogens is 266 g/mol. The van der Waals surface area contributed by atoms with E-state index in [1.54, 1.807) is 0 Å². The van der Waals surface area contributed by atoms with E-state index in [0.717, 1.165) is 38.1 Å². The molecule has 2 N–H and O–H groups in total. The molecule has 20 heavy (non-hydrogen) atoms. The van der Waals surface area contributed by atoms with Gasteiger partial charge in [0.05, 0.1) is 5.69 Å². The lowest BCUT2D eigenvalue weighted by Gasteiger charge is -2.22. The Hall–Kier alpha value is -2.02. The summed E-state index contributed by atoms with van der Waals surface area (Å²) in [5.41, 5.74) is -0.484. The molecule has 1 aromatic heterocycles. The number of aromatic amines is 1. The van der Waals surface area contributed by atoms with E-state index in [4.69, 9.17) is 0 Å². The van der Waals surface area contributed by atoms with Crippen LogP contribution in [0.15, 0.2) is 23.0 Å². The molecule has 3 rings (SSSR count). The molecule has 0 spiro atoms. The molecule has 1 aliphatic heterocycles.